The third-order valence-corrected chi connectivity index (χ3v) is 5.35. The van der Waals surface area contributed by atoms with Gasteiger partial charge in [-0.25, -0.2) is 0 Å². The molecule has 1 aromatic carbocycles. The molecule has 0 amide bonds. The summed E-state index contributed by atoms with van der Waals surface area (Å²) in [5.74, 6) is 3.24. The summed E-state index contributed by atoms with van der Waals surface area (Å²) in [6.45, 7) is 10.2. The van der Waals surface area contributed by atoms with Gasteiger partial charge in [0, 0.05) is 12.3 Å². The van der Waals surface area contributed by atoms with Crippen LogP contribution in [0.25, 0.3) is 0 Å². The predicted octanol–water partition coefficient (Wildman–Crippen LogP) is 5.19. The van der Waals surface area contributed by atoms with Gasteiger partial charge in [-0.2, -0.15) is 11.8 Å². The first-order chi connectivity index (χ1) is 11.7. The van der Waals surface area contributed by atoms with Crippen LogP contribution in [0.1, 0.15) is 37.3 Å². The normalized spacial score (nSPS) is 17.7. The van der Waals surface area contributed by atoms with Gasteiger partial charge in [0.2, 0.25) is 0 Å². The fourth-order valence-corrected chi connectivity index (χ4v) is 3.89. The van der Waals surface area contributed by atoms with Crippen molar-refractivity contribution in [1.29, 1.82) is 0 Å². The number of rotatable bonds is 10. The first kappa shape index (κ1) is 19.0. The van der Waals surface area contributed by atoms with E-state index in [0.29, 0.717) is 6.04 Å². The van der Waals surface area contributed by atoms with Crippen LogP contribution in [0.3, 0.4) is 0 Å². The lowest BCUT2D eigenvalue weighted by Crippen LogP contribution is -2.30. The number of benzene rings is 1. The van der Waals surface area contributed by atoms with Gasteiger partial charge in [0.25, 0.3) is 0 Å². The number of hydrogen-bond donors (Lipinski definition) is 0. The number of aryl methyl sites for hydroxylation is 2. The fraction of sp³-hybridized carbons (Fsp3) is 0.524. The Hall–Kier alpha value is -1.35. The van der Waals surface area contributed by atoms with Crippen molar-refractivity contribution in [3.8, 4) is 0 Å². The Bertz CT molecular complexity index is 540. The zero-order valence-electron chi connectivity index (χ0n) is 15.2. The molecule has 1 aliphatic rings. The van der Waals surface area contributed by atoms with Crippen molar-refractivity contribution in [2.45, 2.75) is 45.6 Å². The number of thioether (sulfide) groups is 1. The first-order valence-electron chi connectivity index (χ1n) is 9.09. The molecule has 1 heterocycles. The molecule has 2 nitrogen and oxygen atoms in total. The second kappa shape index (κ2) is 10.5. The highest BCUT2D eigenvalue weighted by Gasteiger charge is 2.25. The third-order valence-electron chi connectivity index (χ3n) is 4.30. The highest BCUT2D eigenvalue weighted by molar-refractivity contribution is 7.99. The zero-order chi connectivity index (χ0) is 17.2. The van der Waals surface area contributed by atoms with Crippen LogP contribution in [0.2, 0.25) is 0 Å². The van der Waals surface area contributed by atoms with Crippen molar-refractivity contribution in [3.05, 3.63) is 60.0 Å². The molecule has 0 spiro atoms. The fourth-order valence-electron chi connectivity index (χ4n) is 2.87. The van der Waals surface area contributed by atoms with Crippen LogP contribution < -0.4 is 0 Å². The minimum Gasteiger partial charge on any atom is -0.477 e. The summed E-state index contributed by atoms with van der Waals surface area (Å²) in [6, 6.07) is 9.12. The van der Waals surface area contributed by atoms with E-state index in [1.165, 1.54) is 29.7 Å². The quantitative estimate of drug-likeness (QED) is 0.428. The Kier molecular flexibility index (Phi) is 8.31. The predicted molar refractivity (Wildman–Crippen MR) is 106 cm³/mol. The van der Waals surface area contributed by atoms with Crippen LogP contribution in [-0.4, -0.2) is 35.6 Å². The first-order valence-corrected chi connectivity index (χ1v) is 10.2. The van der Waals surface area contributed by atoms with Gasteiger partial charge in [-0.05, 0) is 44.1 Å². The zero-order valence-corrected chi connectivity index (χ0v) is 16.0. The van der Waals surface area contributed by atoms with Gasteiger partial charge >= 0.3 is 0 Å². The monoisotopic (exact) mass is 345 g/mol. The van der Waals surface area contributed by atoms with E-state index < -0.39 is 0 Å². The molecule has 1 atom stereocenters. The van der Waals surface area contributed by atoms with Crippen LogP contribution in [0, 0.1) is 6.92 Å². The summed E-state index contributed by atoms with van der Waals surface area (Å²) in [6.07, 6.45) is 9.35. The van der Waals surface area contributed by atoms with E-state index in [1.807, 2.05) is 11.8 Å². The molecule has 132 valence electrons. The van der Waals surface area contributed by atoms with Gasteiger partial charge in [0.15, 0.2) is 5.88 Å². The van der Waals surface area contributed by atoms with Gasteiger partial charge < -0.3 is 9.64 Å². The molecule has 1 aliphatic heterocycles. The SMILES string of the molecule is C=C1OCC(/C=C/CCc2cccc(C)c2)N1CCSCCCC. The average molecular weight is 346 g/mol. The summed E-state index contributed by atoms with van der Waals surface area (Å²) in [5.41, 5.74) is 2.75. The van der Waals surface area contributed by atoms with Crippen molar-refractivity contribution in [3.63, 3.8) is 0 Å². The van der Waals surface area contributed by atoms with E-state index in [9.17, 15) is 0 Å². The van der Waals surface area contributed by atoms with E-state index >= 15 is 0 Å². The highest BCUT2D eigenvalue weighted by atomic mass is 32.2. The number of hydrogen-bond acceptors (Lipinski definition) is 3. The van der Waals surface area contributed by atoms with Gasteiger partial charge in [-0.1, -0.05) is 55.3 Å². The molecule has 0 radical (unpaired) electrons. The molecule has 2 rings (SSSR count). The molecule has 1 fully saturated rings. The summed E-state index contributed by atoms with van der Waals surface area (Å²) < 4.78 is 5.66. The molecular formula is C21H31NOS. The summed E-state index contributed by atoms with van der Waals surface area (Å²) in [5, 5.41) is 0. The summed E-state index contributed by atoms with van der Waals surface area (Å²) in [7, 11) is 0. The molecule has 1 unspecified atom stereocenters. The number of unbranched alkanes of at least 4 members (excludes halogenated alkanes) is 1. The minimum atomic E-state index is 0.349. The van der Waals surface area contributed by atoms with Crippen LogP contribution in [-0.2, 0) is 11.2 Å². The Balaban J connectivity index is 1.74. The molecule has 0 aliphatic carbocycles. The third kappa shape index (κ3) is 6.27. The van der Waals surface area contributed by atoms with Crippen molar-refractivity contribution in [2.75, 3.05) is 24.7 Å². The topological polar surface area (TPSA) is 12.5 Å². The molecule has 3 heteroatoms. The van der Waals surface area contributed by atoms with Crippen molar-refractivity contribution in [1.82, 2.24) is 4.90 Å². The van der Waals surface area contributed by atoms with E-state index in [2.05, 4.69) is 61.7 Å². The number of allylic oxidation sites excluding steroid dienone is 1. The molecular weight excluding hydrogens is 314 g/mol. The van der Waals surface area contributed by atoms with E-state index in [0.717, 1.165) is 37.6 Å². The lowest BCUT2D eigenvalue weighted by atomic mass is 10.1. The Labute approximate surface area is 152 Å². The molecule has 0 N–H and O–H groups in total. The average Bonchev–Trinajstić information content (AvgIpc) is 2.92. The lowest BCUT2D eigenvalue weighted by Gasteiger charge is -2.21. The van der Waals surface area contributed by atoms with Gasteiger partial charge in [0.05, 0.1) is 6.04 Å². The maximum Gasteiger partial charge on any atom is 0.182 e. The lowest BCUT2D eigenvalue weighted by molar-refractivity contribution is 0.240. The summed E-state index contributed by atoms with van der Waals surface area (Å²) in [4.78, 5) is 2.31. The van der Waals surface area contributed by atoms with Crippen molar-refractivity contribution < 1.29 is 4.74 Å². The van der Waals surface area contributed by atoms with E-state index in [1.54, 1.807) is 0 Å². The van der Waals surface area contributed by atoms with E-state index in [-0.39, 0.29) is 0 Å². The van der Waals surface area contributed by atoms with Crippen LogP contribution >= 0.6 is 11.8 Å². The molecule has 1 saturated heterocycles. The minimum absolute atomic E-state index is 0.349. The van der Waals surface area contributed by atoms with Crippen LogP contribution in [0.5, 0.6) is 0 Å². The largest absolute Gasteiger partial charge is 0.477 e. The standard InChI is InChI=1S/C21H31NOS/c1-4-5-14-24-15-13-22-19(3)23-17-21(22)12-7-6-10-20-11-8-9-18(2)16-20/h7-9,11-12,16,21H,3-6,10,13-15,17H2,1-2H3/b12-7+. The van der Waals surface area contributed by atoms with Gasteiger partial charge in [-0.3, -0.25) is 0 Å². The molecule has 0 aromatic heterocycles. The van der Waals surface area contributed by atoms with Crippen LogP contribution in [0.4, 0.5) is 0 Å². The number of ether oxygens (including phenoxy) is 1. The van der Waals surface area contributed by atoms with E-state index in [4.69, 9.17) is 4.74 Å². The molecule has 0 saturated carbocycles. The maximum atomic E-state index is 5.66. The van der Waals surface area contributed by atoms with Gasteiger partial charge in [-0.15, -0.1) is 0 Å². The maximum absolute atomic E-state index is 5.66. The van der Waals surface area contributed by atoms with Gasteiger partial charge in [0.1, 0.15) is 6.61 Å². The summed E-state index contributed by atoms with van der Waals surface area (Å²) >= 11 is 2.03. The highest BCUT2D eigenvalue weighted by Crippen LogP contribution is 2.21. The molecule has 0 bridgehead atoms. The van der Waals surface area contributed by atoms with Crippen molar-refractivity contribution >= 4 is 11.8 Å². The second-order valence-electron chi connectivity index (χ2n) is 6.39. The second-order valence-corrected chi connectivity index (χ2v) is 7.61. The Morgan fingerprint density at radius 1 is 1.38 bits per heavy atom. The van der Waals surface area contributed by atoms with Crippen molar-refractivity contribution in [2.24, 2.45) is 0 Å². The molecule has 1 aromatic rings. The number of nitrogens with zero attached hydrogens (tertiary/aromatic N) is 1. The van der Waals surface area contributed by atoms with Crippen LogP contribution in [0.15, 0.2) is 48.9 Å². The Morgan fingerprint density at radius 2 is 2.25 bits per heavy atom. The Morgan fingerprint density at radius 3 is 3.04 bits per heavy atom. The smallest absolute Gasteiger partial charge is 0.182 e. The molecule has 24 heavy (non-hydrogen) atoms.